The van der Waals surface area contributed by atoms with Crippen LogP contribution in [0.1, 0.15) is 146 Å². The summed E-state index contributed by atoms with van der Waals surface area (Å²) in [4.78, 5) is 162. The fraction of sp³-hybridized carbons (Fsp3) is 0.670. The quantitative estimate of drug-likeness (QED) is 0.0220. The van der Waals surface area contributed by atoms with E-state index >= 15 is 9.59 Å². The molecule has 2 saturated heterocycles. The lowest BCUT2D eigenvalue weighted by atomic mass is 9.89. The number of carbonyl (C=O) groups is 11. The number of carbonyl (C=O) groups excluding carboxylic acids is 11. The minimum absolute atomic E-state index is 0.000615. The molecule has 0 unspecified atom stereocenters. The Bertz CT molecular complexity index is 4190. The first-order valence-corrected chi connectivity index (χ1v) is 46.4. The second kappa shape index (κ2) is 57.8. The normalized spacial score (nSPS) is 18.0. The van der Waals surface area contributed by atoms with Crippen LogP contribution in [0.15, 0.2) is 78.5 Å². The van der Waals surface area contributed by atoms with Crippen LogP contribution >= 0.6 is 11.3 Å². The molecule has 2 aromatic heterocycles. The summed E-state index contributed by atoms with van der Waals surface area (Å²) in [5, 5.41) is 28.4. The van der Waals surface area contributed by atoms with Crippen molar-refractivity contribution >= 4 is 82.3 Å². The third-order valence-corrected chi connectivity index (χ3v) is 24.5. The Morgan fingerprint density at radius 1 is 0.656 bits per heavy atom. The van der Waals surface area contributed by atoms with Crippen molar-refractivity contribution < 1.29 is 114 Å². The SMILES string of the molecule is CC[C@H](C)[C@@H]([C@@H](CC(=O)N1CCC[C@H]1[C@H](OC)[C@@H](C)C(=O)N[C@@H](Cc1ccccc1)c1nccs1)OC)N(C)C(=O)[C@@H](NC(=O)[C@@H]1[C@H]2CC[C@H](C2)N1C(=O)OCc1ccc(NC(=O)[C@H](CCCNC(N)=O)NC(=O)[C@@H](NC(=O)CCOCCN2C(=O)C=CC2=O)C(C)C)cc1COCc1cn(CCOCCOCCOCCOCCOCCOCCOCCOC)nn1)C(C)C. The van der Waals surface area contributed by atoms with Crippen LogP contribution in [0.2, 0.25) is 0 Å². The lowest BCUT2D eigenvalue weighted by Crippen LogP contribution is -2.60. The summed E-state index contributed by atoms with van der Waals surface area (Å²) in [6.45, 7) is 19.5. The number of methoxy groups -OCH3 is 3. The van der Waals surface area contributed by atoms with Gasteiger partial charge >= 0.3 is 12.1 Å². The van der Waals surface area contributed by atoms with Crippen LogP contribution < -0.4 is 37.6 Å². The van der Waals surface area contributed by atoms with E-state index in [2.05, 4.69) is 47.2 Å². The highest BCUT2D eigenvalue weighted by Crippen LogP contribution is 2.43. The molecular formula is C91H139N15O24S. The Balaban J connectivity index is 0.892. The van der Waals surface area contributed by atoms with Crippen LogP contribution in [0.25, 0.3) is 0 Å². The summed E-state index contributed by atoms with van der Waals surface area (Å²) in [6, 6.07) is 7.65. The Labute approximate surface area is 771 Å². The topological polar surface area (TPSA) is 463 Å². The average molecular weight is 1860 g/mol. The van der Waals surface area contributed by atoms with Crippen molar-refractivity contribution in [1.29, 1.82) is 0 Å². The van der Waals surface area contributed by atoms with Crippen LogP contribution in [0.4, 0.5) is 15.3 Å². The van der Waals surface area contributed by atoms with Crippen molar-refractivity contribution in [2.75, 3.05) is 166 Å². The minimum Gasteiger partial charge on any atom is -0.445 e. The Morgan fingerprint density at radius 3 is 1.89 bits per heavy atom. The maximum atomic E-state index is 15.3. The number of amides is 12. The third-order valence-electron chi connectivity index (χ3n) is 23.7. The second-order valence-corrected chi connectivity index (χ2v) is 34.5. The molecule has 40 heteroatoms. The summed E-state index contributed by atoms with van der Waals surface area (Å²) in [5.74, 6) is -6.25. The standard InChI is InChI=1S/C91H139N15O24S/c1-12-62(6)81(74(119-10)55-78(110)104-31-17-21-73(104)83(120-11)63(7)84(111)97-72(88-93-30-51-131-88)52-64-18-14-13-15-19-64)102(8)89(115)80(61(4)5)99-87(114)82-65-23-25-70(54-65)106(82)91(117)130-58-66-22-24-68(95-85(112)71(20-16-29-94-90(92)116)96-86(113)79(60(2)3)98-75(107)28-34-121-36-33-105-76(108)26-27-77(105)109)53-67(66)57-129-59-69-56-103(101-100-69)32-35-122-39-40-124-43-44-126-47-48-128-50-49-127-46-45-125-42-41-123-38-37-118-9/h13-15,18-19,22,24,26-27,30,51,53,56,60-63,65,70-74,79-83H,12,16-17,20-21,23,25,28-29,31-50,52,54-55,57-59H2,1-11H3,(H,95,112)(H,96,113)(H,97,111)(H,98,107)(H,99,114)(H3,92,94,116)/t62-,63+,65-,70+,71-,72-,73-,74+,79-,80-,81-,82-,83+/m0/s1. The van der Waals surface area contributed by atoms with Gasteiger partial charge in [-0.3, -0.25) is 53.0 Å². The first kappa shape index (κ1) is 107. The molecule has 13 atom stereocenters. The van der Waals surface area contributed by atoms with E-state index in [1.807, 2.05) is 70.3 Å². The predicted octanol–water partition coefficient (Wildman–Crippen LogP) is 5.21. The molecule has 2 bridgehead atoms. The van der Waals surface area contributed by atoms with Gasteiger partial charge in [-0.2, -0.15) is 0 Å². The monoisotopic (exact) mass is 1860 g/mol. The van der Waals surface area contributed by atoms with Gasteiger partial charge in [-0.05, 0) is 104 Å². The second-order valence-electron chi connectivity index (χ2n) is 33.6. The van der Waals surface area contributed by atoms with E-state index in [0.29, 0.717) is 174 Å². The molecule has 8 N–H and O–H groups in total. The highest BCUT2D eigenvalue weighted by atomic mass is 32.1. The van der Waals surface area contributed by atoms with Gasteiger partial charge in [0.2, 0.25) is 41.4 Å². The van der Waals surface area contributed by atoms with Gasteiger partial charge < -0.3 is 109 Å². The van der Waals surface area contributed by atoms with E-state index in [1.165, 1.54) is 23.3 Å². The lowest BCUT2D eigenvalue weighted by molar-refractivity contribution is -0.148. The molecule has 3 fully saturated rings. The Kier molecular flexibility index (Phi) is 47.1. The highest BCUT2D eigenvalue weighted by molar-refractivity contribution is 7.09. The number of nitrogens with zero attached hydrogens (tertiary/aromatic N) is 8. The number of thiazole rings is 1. The molecule has 131 heavy (non-hydrogen) atoms. The van der Waals surface area contributed by atoms with Crippen LogP contribution in [0, 0.1) is 29.6 Å². The van der Waals surface area contributed by atoms with Crippen molar-refractivity contribution in [2.45, 2.75) is 206 Å². The lowest BCUT2D eigenvalue weighted by Gasteiger charge is -2.41. The molecule has 0 spiro atoms. The molecular weight excluding hydrogens is 1720 g/mol. The number of benzene rings is 2. The molecule has 4 aliphatic rings. The maximum absolute atomic E-state index is 15.3. The highest BCUT2D eigenvalue weighted by Gasteiger charge is 2.53. The Hall–Kier alpha value is -9.56. The van der Waals surface area contributed by atoms with E-state index in [1.54, 1.807) is 80.2 Å². The van der Waals surface area contributed by atoms with E-state index in [-0.39, 0.29) is 113 Å². The van der Waals surface area contributed by atoms with E-state index < -0.39 is 120 Å². The summed E-state index contributed by atoms with van der Waals surface area (Å²) in [7, 11) is 6.36. The van der Waals surface area contributed by atoms with Crippen LogP contribution in [-0.2, 0) is 138 Å². The number of fused-ring (bicyclic) bond motifs is 2. The average Bonchev–Trinajstić information content (AvgIpc) is 1.84. The number of nitrogens with two attached hydrogens (primary N) is 1. The summed E-state index contributed by atoms with van der Waals surface area (Å²) in [5.41, 5.74) is 8.04. The van der Waals surface area contributed by atoms with E-state index in [9.17, 15) is 43.2 Å². The fourth-order valence-corrected chi connectivity index (χ4v) is 17.1. The van der Waals surface area contributed by atoms with Crippen LogP contribution in [0.5, 0.6) is 0 Å². The smallest absolute Gasteiger partial charge is 0.411 e. The molecule has 39 nitrogen and oxygen atoms in total. The van der Waals surface area contributed by atoms with Crippen molar-refractivity contribution in [3.63, 3.8) is 0 Å². The number of likely N-dealkylation sites (tertiary alicyclic amines) is 2. The molecule has 12 amide bonds. The van der Waals surface area contributed by atoms with Crippen molar-refractivity contribution in [2.24, 2.45) is 35.3 Å². The van der Waals surface area contributed by atoms with Gasteiger partial charge in [0, 0.05) is 83.3 Å². The summed E-state index contributed by atoms with van der Waals surface area (Å²) in [6.07, 6.45) is 7.62. The third kappa shape index (κ3) is 34.8. The molecule has 5 heterocycles. The van der Waals surface area contributed by atoms with Crippen LogP contribution in [0.3, 0.4) is 0 Å². The molecule has 2 aromatic carbocycles. The predicted molar refractivity (Wildman–Crippen MR) is 481 cm³/mol. The van der Waals surface area contributed by atoms with Gasteiger partial charge in [-0.25, -0.2) is 19.3 Å². The number of anilines is 1. The number of piperidine rings is 1. The number of primary amides is 1. The summed E-state index contributed by atoms with van der Waals surface area (Å²) >= 11 is 1.46. The first-order chi connectivity index (χ1) is 63.2. The molecule has 4 aromatic rings. The summed E-state index contributed by atoms with van der Waals surface area (Å²) < 4.78 is 75.9. The number of likely N-dealkylation sites (N-methyl/N-ethyl adjacent to an activating group) is 1. The van der Waals surface area contributed by atoms with Crippen LogP contribution in [-0.4, -0.2) is 320 Å². The van der Waals surface area contributed by atoms with E-state index in [4.69, 9.17) is 67.3 Å². The zero-order valence-corrected chi connectivity index (χ0v) is 78.6. The number of ether oxygens (including phenoxy) is 13. The maximum Gasteiger partial charge on any atom is 0.411 e. The minimum atomic E-state index is -1.24. The van der Waals surface area contributed by atoms with Crippen molar-refractivity contribution in [3.05, 3.63) is 106 Å². The number of nitrogens with one attached hydrogen (secondary N) is 6. The molecule has 728 valence electrons. The molecule has 1 saturated carbocycles. The zero-order valence-electron chi connectivity index (χ0n) is 77.8. The number of hydrogen-bond donors (Lipinski definition) is 7. The molecule has 8 rings (SSSR count). The number of rotatable bonds is 65. The number of urea groups is 1. The van der Waals surface area contributed by atoms with Gasteiger partial charge in [0.1, 0.15) is 41.5 Å². The number of aromatic nitrogens is 4. The van der Waals surface area contributed by atoms with Gasteiger partial charge in [-0.15, -0.1) is 16.4 Å². The molecule has 1 aliphatic carbocycles. The largest absolute Gasteiger partial charge is 0.445 e. The van der Waals surface area contributed by atoms with Gasteiger partial charge in [0.25, 0.3) is 11.8 Å². The zero-order chi connectivity index (χ0) is 94.6. The van der Waals surface area contributed by atoms with Crippen molar-refractivity contribution in [3.8, 4) is 0 Å². The van der Waals surface area contributed by atoms with E-state index in [0.717, 1.165) is 27.6 Å². The Morgan fingerprint density at radius 2 is 1.29 bits per heavy atom. The molecule has 0 radical (unpaired) electrons. The molecule has 3 aliphatic heterocycles. The number of hydrogen-bond acceptors (Lipinski definition) is 28. The number of imide groups is 1. The fourth-order valence-electron chi connectivity index (χ4n) is 16.5. The van der Waals surface area contributed by atoms with Gasteiger partial charge in [0.15, 0.2) is 0 Å². The van der Waals surface area contributed by atoms with Gasteiger partial charge in [0.05, 0.1) is 187 Å². The first-order valence-electron chi connectivity index (χ1n) is 45.5. The van der Waals surface area contributed by atoms with Gasteiger partial charge in [-0.1, -0.05) is 96.5 Å². The van der Waals surface area contributed by atoms with Crippen molar-refractivity contribution in [1.82, 2.24) is 66.2 Å².